The van der Waals surface area contributed by atoms with Gasteiger partial charge in [0.05, 0.1) is 7.11 Å². The van der Waals surface area contributed by atoms with E-state index in [9.17, 15) is 24.2 Å². The molecule has 0 bridgehead atoms. The Bertz CT molecular complexity index is 869. The van der Waals surface area contributed by atoms with E-state index >= 15 is 0 Å². The quantitative estimate of drug-likeness (QED) is 0.775. The van der Waals surface area contributed by atoms with E-state index in [1.54, 1.807) is 20.8 Å². The number of carboxylic acid groups (broad SMARTS) is 1. The van der Waals surface area contributed by atoms with Crippen molar-refractivity contribution in [3.05, 3.63) is 53.3 Å². The smallest absolute Gasteiger partial charge is 0.340 e. The average molecular weight is 376 g/mol. The first-order chi connectivity index (χ1) is 12.5. The maximum Gasteiger partial charge on any atom is 0.340 e. The molecule has 1 atom stereocenters. The molecule has 2 aromatic rings. The molecule has 144 valence electrons. The van der Waals surface area contributed by atoms with Gasteiger partial charge >= 0.3 is 11.9 Å². The summed E-state index contributed by atoms with van der Waals surface area (Å²) < 4.78 is 24.5. The number of carbonyl (C=O) groups excluding carboxylic acids is 1. The summed E-state index contributed by atoms with van der Waals surface area (Å²) in [7, 11) is 1.33. The van der Waals surface area contributed by atoms with E-state index in [-0.39, 0.29) is 28.0 Å². The van der Waals surface area contributed by atoms with Crippen LogP contribution in [0.4, 0.5) is 4.39 Å². The number of benzene rings is 2. The van der Waals surface area contributed by atoms with Gasteiger partial charge < -0.3 is 19.7 Å². The first kappa shape index (κ1) is 20.4. The predicted octanol–water partition coefficient (Wildman–Crippen LogP) is 3.57. The molecule has 2 aromatic carbocycles. The Balaban J connectivity index is 2.45. The predicted molar refractivity (Wildman–Crippen MR) is 96.2 cm³/mol. The number of carbonyl (C=O) groups is 2. The zero-order valence-electron chi connectivity index (χ0n) is 15.4. The van der Waals surface area contributed by atoms with Crippen molar-refractivity contribution in [2.75, 3.05) is 7.11 Å². The number of ether oxygens (including phenoxy) is 2. The highest BCUT2D eigenvalue weighted by molar-refractivity contribution is 5.92. The molecular formula is C20H21FO6. The molecular weight excluding hydrogens is 355 g/mol. The number of aliphatic hydroxyl groups is 1. The highest BCUT2D eigenvalue weighted by Gasteiger charge is 2.25. The molecule has 0 fully saturated rings. The highest BCUT2D eigenvalue weighted by atomic mass is 19.1. The Morgan fingerprint density at radius 2 is 1.78 bits per heavy atom. The van der Waals surface area contributed by atoms with Gasteiger partial charge in [0.15, 0.2) is 6.10 Å². The summed E-state index contributed by atoms with van der Waals surface area (Å²) >= 11 is 0. The summed E-state index contributed by atoms with van der Waals surface area (Å²) in [5, 5.41) is 19.5. The lowest BCUT2D eigenvalue weighted by Crippen LogP contribution is -2.27. The van der Waals surface area contributed by atoms with Gasteiger partial charge in [-0.3, -0.25) is 0 Å². The van der Waals surface area contributed by atoms with Crippen LogP contribution in [0.2, 0.25) is 0 Å². The molecule has 0 saturated carbocycles. The Morgan fingerprint density at radius 3 is 2.33 bits per heavy atom. The number of esters is 1. The Morgan fingerprint density at radius 1 is 1.11 bits per heavy atom. The van der Waals surface area contributed by atoms with Crippen molar-refractivity contribution in [1.82, 2.24) is 0 Å². The Hall–Kier alpha value is -2.93. The third-order valence-electron chi connectivity index (χ3n) is 3.68. The van der Waals surface area contributed by atoms with Crippen LogP contribution in [-0.2, 0) is 9.53 Å². The fourth-order valence-corrected chi connectivity index (χ4v) is 2.47. The van der Waals surface area contributed by atoms with Crippen LogP contribution >= 0.6 is 0 Å². The molecule has 27 heavy (non-hydrogen) atoms. The number of halogens is 1. The highest BCUT2D eigenvalue weighted by Crippen LogP contribution is 2.31. The fraction of sp³-hybridized carbons (Fsp3) is 0.300. The molecule has 0 radical (unpaired) electrons. The molecule has 2 rings (SSSR count). The second-order valence-corrected chi connectivity index (χ2v) is 6.90. The molecule has 0 saturated heterocycles. The third kappa shape index (κ3) is 4.83. The van der Waals surface area contributed by atoms with Gasteiger partial charge in [0.1, 0.15) is 22.7 Å². The molecule has 2 N–H and O–H groups in total. The van der Waals surface area contributed by atoms with E-state index in [1.807, 2.05) is 0 Å². The van der Waals surface area contributed by atoms with Crippen LogP contribution < -0.4 is 4.74 Å². The number of aliphatic hydroxyl groups excluding tert-OH is 1. The molecule has 0 aliphatic heterocycles. The lowest BCUT2D eigenvalue weighted by Gasteiger charge is -2.22. The molecule has 0 heterocycles. The van der Waals surface area contributed by atoms with E-state index in [2.05, 4.69) is 0 Å². The van der Waals surface area contributed by atoms with Gasteiger partial charge in [0.2, 0.25) is 0 Å². The normalized spacial score (nSPS) is 12.4. The first-order valence-electron chi connectivity index (χ1n) is 8.15. The monoisotopic (exact) mass is 376 g/mol. The van der Waals surface area contributed by atoms with Crippen molar-refractivity contribution in [2.24, 2.45) is 0 Å². The minimum Gasteiger partial charge on any atom is -0.496 e. The van der Waals surface area contributed by atoms with Crippen LogP contribution in [0.15, 0.2) is 36.4 Å². The second kappa shape index (κ2) is 7.75. The van der Waals surface area contributed by atoms with Crippen molar-refractivity contribution in [3.8, 4) is 16.9 Å². The maximum atomic E-state index is 14.3. The van der Waals surface area contributed by atoms with E-state index in [1.165, 1.54) is 37.4 Å². The van der Waals surface area contributed by atoms with Crippen LogP contribution in [0.25, 0.3) is 11.1 Å². The SMILES string of the molecule is COc1ccc(-c2cc(C(O)C(=O)OC(C)(C)C)ccc2F)cc1C(=O)O. The number of rotatable bonds is 5. The summed E-state index contributed by atoms with van der Waals surface area (Å²) in [6, 6.07) is 7.83. The van der Waals surface area contributed by atoms with Gasteiger partial charge in [-0.05, 0) is 56.2 Å². The van der Waals surface area contributed by atoms with Crippen LogP contribution in [0.1, 0.15) is 42.8 Å². The largest absolute Gasteiger partial charge is 0.496 e. The number of hydrogen-bond donors (Lipinski definition) is 2. The van der Waals surface area contributed by atoms with Crippen LogP contribution in [-0.4, -0.2) is 34.9 Å². The standard InChI is InChI=1S/C20H21FO6/c1-20(2,3)27-19(25)17(22)12-5-7-15(21)13(10-12)11-6-8-16(26-4)14(9-11)18(23)24/h5-10,17,22H,1-4H3,(H,23,24). The van der Waals surface area contributed by atoms with Gasteiger partial charge in [-0.1, -0.05) is 12.1 Å². The zero-order valence-corrected chi connectivity index (χ0v) is 15.4. The lowest BCUT2D eigenvalue weighted by molar-refractivity contribution is -0.165. The van der Waals surface area contributed by atoms with Gasteiger partial charge in [0, 0.05) is 5.56 Å². The first-order valence-corrected chi connectivity index (χ1v) is 8.15. The molecule has 0 amide bonds. The summed E-state index contributed by atoms with van der Waals surface area (Å²) in [6.07, 6.45) is -1.60. The van der Waals surface area contributed by atoms with Gasteiger partial charge in [-0.15, -0.1) is 0 Å². The molecule has 1 unspecified atom stereocenters. The summed E-state index contributed by atoms with van der Waals surface area (Å²) in [5.41, 5.74) is -0.474. The van der Waals surface area contributed by atoms with E-state index in [0.717, 1.165) is 6.07 Å². The van der Waals surface area contributed by atoms with Crippen LogP contribution in [0, 0.1) is 5.82 Å². The van der Waals surface area contributed by atoms with Crippen molar-refractivity contribution < 1.29 is 33.7 Å². The average Bonchev–Trinajstić information content (AvgIpc) is 2.59. The van der Waals surface area contributed by atoms with Crippen LogP contribution in [0.5, 0.6) is 5.75 Å². The molecule has 6 nitrogen and oxygen atoms in total. The lowest BCUT2D eigenvalue weighted by atomic mass is 9.98. The van der Waals surface area contributed by atoms with E-state index in [4.69, 9.17) is 9.47 Å². The fourth-order valence-electron chi connectivity index (χ4n) is 2.47. The second-order valence-electron chi connectivity index (χ2n) is 6.90. The van der Waals surface area contributed by atoms with Crippen molar-refractivity contribution >= 4 is 11.9 Å². The van der Waals surface area contributed by atoms with Crippen molar-refractivity contribution in [3.63, 3.8) is 0 Å². The van der Waals surface area contributed by atoms with Crippen LogP contribution in [0.3, 0.4) is 0 Å². The van der Waals surface area contributed by atoms with E-state index in [0.29, 0.717) is 0 Å². The number of aromatic carboxylic acids is 1. The minimum atomic E-state index is -1.60. The maximum absolute atomic E-state index is 14.3. The summed E-state index contributed by atoms with van der Waals surface area (Å²) in [4.78, 5) is 23.4. The molecule has 7 heteroatoms. The Labute approximate surface area is 156 Å². The minimum absolute atomic E-state index is 0.0419. The number of hydrogen-bond acceptors (Lipinski definition) is 5. The van der Waals surface area contributed by atoms with Crippen molar-refractivity contribution in [1.29, 1.82) is 0 Å². The molecule has 0 spiro atoms. The number of carboxylic acids is 1. The zero-order chi connectivity index (χ0) is 20.4. The van der Waals surface area contributed by atoms with Gasteiger partial charge in [-0.25, -0.2) is 14.0 Å². The summed E-state index contributed by atoms with van der Waals surface area (Å²) in [6.45, 7) is 5.00. The topological polar surface area (TPSA) is 93.1 Å². The van der Waals surface area contributed by atoms with E-state index < -0.39 is 29.5 Å². The third-order valence-corrected chi connectivity index (χ3v) is 3.68. The summed E-state index contributed by atoms with van der Waals surface area (Å²) in [5.74, 6) is -2.58. The molecule has 0 aliphatic carbocycles. The molecule has 0 aliphatic rings. The van der Waals surface area contributed by atoms with Gasteiger partial charge in [0.25, 0.3) is 0 Å². The number of methoxy groups -OCH3 is 1. The molecule has 0 aromatic heterocycles. The Kier molecular flexibility index (Phi) is 5.85. The van der Waals surface area contributed by atoms with Gasteiger partial charge in [-0.2, -0.15) is 0 Å². The van der Waals surface area contributed by atoms with Crippen molar-refractivity contribution in [2.45, 2.75) is 32.5 Å².